The van der Waals surface area contributed by atoms with E-state index in [0.29, 0.717) is 21.5 Å². The monoisotopic (exact) mass is 268 g/mol. The molecule has 2 rings (SSSR count). The fourth-order valence-electron chi connectivity index (χ4n) is 1.26. The van der Waals surface area contributed by atoms with Crippen LogP contribution in [0.1, 0.15) is 10.4 Å². The van der Waals surface area contributed by atoms with Crippen LogP contribution in [0.2, 0.25) is 5.02 Å². The van der Waals surface area contributed by atoms with E-state index in [-0.39, 0.29) is 5.91 Å². The predicted octanol–water partition coefficient (Wildman–Crippen LogP) is 3.06. The number of carbonyl (C=O) groups is 1. The quantitative estimate of drug-likeness (QED) is 0.931. The lowest BCUT2D eigenvalue weighted by atomic mass is 10.2. The number of anilines is 1. The molecule has 17 heavy (non-hydrogen) atoms. The third kappa shape index (κ3) is 2.75. The van der Waals surface area contributed by atoms with E-state index in [1.807, 2.05) is 0 Å². The van der Waals surface area contributed by atoms with Crippen molar-refractivity contribution in [3.8, 4) is 5.75 Å². The first kappa shape index (κ1) is 11.9. The number of hydrogen-bond donors (Lipinski definition) is 1. The van der Waals surface area contributed by atoms with E-state index in [1.165, 1.54) is 11.3 Å². The van der Waals surface area contributed by atoms with Crippen LogP contribution in [0.25, 0.3) is 0 Å². The lowest BCUT2D eigenvalue weighted by Gasteiger charge is -2.06. The first-order valence-electron chi connectivity index (χ1n) is 4.75. The molecule has 2 aromatic rings. The zero-order chi connectivity index (χ0) is 12.3. The highest BCUT2D eigenvalue weighted by Gasteiger charge is 2.12. The molecule has 0 aliphatic heterocycles. The number of carbonyl (C=O) groups excluding carboxylic acids is 1. The van der Waals surface area contributed by atoms with Crippen molar-refractivity contribution in [1.29, 1.82) is 0 Å². The van der Waals surface area contributed by atoms with Gasteiger partial charge in [-0.15, -0.1) is 11.3 Å². The molecule has 1 heterocycles. The van der Waals surface area contributed by atoms with Gasteiger partial charge in [-0.3, -0.25) is 10.1 Å². The standard InChI is InChI=1S/C11H9ClN2O2S/c1-16-7-2-3-8(9(12)6-7)10(15)14-11-13-4-5-17-11/h2-6H,1H3,(H,13,14,15). The average Bonchev–Trinajstić information content (AvgIpc) is 2.81. The lowest BCUT2D eigenvalue weighted by molar-refractivity contribution is 0.102. The van der Waals surface area contributed by atoms with E-state index in [9.17, 15) is 4.79 Å². The van der Waals surface area contributed by atoms with Crippen LogP contribution in [0.3, 0.4) is 0 Å². The van der Waals surface area contributed by atoms with Crippen LogP contribution < -0.4 is 10.1 Å². The summed E-state index contributed by atoms with van der Waals surface area (Å²) in [6, 6.07) is 4.89. The fourth-order valence-corrected chi connectivity index (χ4v) is 2.04. The molecule has 1 aromatic carbocycles. The Morgan fingerprint density at radius 2 is 2.35 bits per heavy atom. The van der Waals surface area contributed by atoms with Crippen LogP contribution in [-0.4, -0.2) is 18.0 Å². The zero-order valence-corrected chi connectivity index (χ0v) is 10.5. The fraction of sp³-hybridized carbons (Fsp3) is 0.0909. The number of amides is 1. The highest BCUT2D eigenvalue weighted by atomic mass is 35.5. The summed E-state index contributed by atoms with van der Waals surface area (Å²) in [6.07, 6.45) is 1.62. The highest BCUT2D eigenvalue weighted by Crippen LogP contribution is 2.23. The van der Waals surface area contributed by atoms with Gasteiger partial charge in [0, 0.05) is 11.6 Å². The Morgan fingerprint density at radius 3 is 2.94 bits per heavy atom. The third-order valence-corrected chi connectivity index (χ3v) is 3.07. The Balaban J connectivity index is 2.19. The van der Waals surface area contributed by atoms with Crippen molar-refractivity contribution in [3.05, 3.63) is 40.4 Å². The van der Waals surface area contributed by atoms with E-state index >= 15 is 0 Å². The van der Waals surface area contributed by atoms with Crippen LogP contribution in [0, 0.1) is 0 Å². The number of nitrogens with one attached hydrogen (secondary N) is 1. The summed E-state index contributed by atoms with van der Waals surface area (Å²) in [4.78, 5) is 15.8. The van der Waals surface area contributed by atoms with Gasteiger partial charge in [0.2, 0.25) is 0 Å². The number of rotatable bonds is 3. The van der Waals surface area contributed by atoms with E-state index in [1.54, 1.807) is 36.9 Å². The summed E-state index contributed by atoms with van der Waals surface area (Å²) in [6.45, 7) is 0. The molecule has 6 heteroatoms. The number of nitrogens with zero attached hydrogens (tertiary/aromatic N) is 1. The third-order valence-electron chi connectivity index (χ3n) is 2.07. The second-order valence-corrected chi connectivity index (χ2v) is 4.44. The van der Waals surface area contributed by atoms with Crippen LogP contribution in [-0.2, 0) is 0 Å². The van der Waals surface area contributed by atoms with Gasteiger partial charge in [0.15, 0.2) is 5.13 Å². The number of methoxy groups -OCH3 is 1. The van der Waals surface area contributed by atoms with Crippen molar-refractivity contribution in [2.75, 3.05) is 12.4 Å². The number of aromatic nitrogens is 1. The van der Waals surface area contributed by atoms with E-state index in [2.05, 4.69) is 10.3 Å². The highest BCUT2D eigenvalue weighted by molar-refractivity contribution is 7.13. The van der Waals surface area contributed by atoms with Gasteiger partial charge in [0.05, 0.1) is 17.7 Å². The maximum atomic E-state index is 11.9. The number of benzene rings is 1. The number of ether oxygens (including phenoxy) is 1. The molecule has 0 aliphatic rings. The Kier molecular flexibility index (Phi) is 3.61. The largest absolute Gasteiger partial charge is 0.497 e. The summed E-state index contributed by atoms with van der Waals surface area (Å²) in [5.74, 6) is 0.327. The van der Waals surface area contributed by atoms with Gasteiger partial charge < -0.3 is 4.74 Å². The molecule has 88 valence electrons. The summed E-state index contributed by atoms with van der Waals surface area (Å²) in [7, 11) is 1.54. The maximum Gasteiger partial charge on any atom is 0.258 e. The number of halogens is 1. The molecular weight excluding hydrogens is 260 g/mol. The van der Waals surface area contributed by atoms with Gasteiger partial charge in [0.25, 0.3) is 5.91 Å². The van der Waals surface area contributed by atoms with Crippen molar-refractivity contribution in [3.63, 3.8) is 0 Å². The predicted molar refractivity (Wildman–Crippen MR) is 68.1 cm³/mol. The average molecular weight is 269 g/mol. The molecule has 0 fully saturated rings. The number of thiazole rings is 1. The van der Waals surface area contributed by atoms with Gasteiger partial charge in [-0.1, -0.05) is 11.6 Å². The first-order valence-corrected chi connectivity index (χ1v) is 6.01. The van der Waals surface area contributed by atoms with Gasteiger partial charge >= 0.3 is 0 Å². The summed E-state index contributed by atoms with van der Waals surface area (Å²) in [5.41, 5.74) is 0.391. The Morgan fingerprint density at radius 1 is 1.53 bits per heavy atom. The molecule has 0 aliphatic carbocycles. The van der Waals surface area contributed by atoms with Crippen LogP contribution in [0.4, 0.5) is 5.13 Å². The Labute approximate surface area is 107 Å². The van der Waals surface area contributed by atoms with Crippen molar-refractivity contribution in [2.24, 2.45) is 0 Å². The van der Waals surface area contributed by atoms with Crippen molar-refractivity contribution in [2.45, 2.75) is 0 Å². The van der Waals surface area contributed by atoms with Gasteiger partial charge in [-0.2, -0.15) is 0 Å². The van der Waals surface area contributed by atoms with Gasteiger partial charge in [-0.25, -0.2) is 4.98 Å². The normalized spacial score (nSPS) is 10.0. The van der Waals surface area contributed by atoms with E-state index < -0.39 is 0 Å². The molecule has 0 radical (unpaired) electrons. The van der Waals surface area contributed by atoms with Gasteiger partial charge in [0.1, 0.15) is 5.75 Å². The first-order chi connectivity index (χ1) is 8.20. The lowest BCUT2D eigenvalue weighted by Crippen LogP contribution is -2.12. The summed E-state index contributed by atoms with van der Waals surface area (Å²) in [5, 5.41) is 5.33. The molecule has 1 N–H and O–H groups in total. The molecule has 0 atom stereocenters. The smallest absolute Gasteiger partial charge is 0.258 e. The van der Waals surface area contributed by atoms with Crippen molar-refractivity contribution in [1.82, 2.24) is 4.98 Å². The van der Waals surface area contributed by atoms with Crippen molar-refractivity contribution < 1.29 is 9.53 Å². The SMILES string of the molecule is COc1ccc(C(=O)Nc2nccs2)c(Cl)c1. The minimum Gasteiger partial charge on any atom is -0.497 e. The molecule has 1 aromatic heterocycles. The Hall–Kier alpha value is -1.59. The van der Waals surface area contributed by atoms with Crippen molar-refractivity contribution >= 4 is 34.0 Å². The molecule has 0 bridgehead atoms. The Bertz CT molecular complexity index is 528. The van der Waals surface area contributed by atoms with E-state index in [4.69, 9.17) is 16.3 Å². The molecule has 0 unspecified atom stereocenters. The molecule has 0 spiro atoms. The second kappa shape index (κ2) is 5.16. The molecule has 0 saturated heterocycles. The summed E-state index contributed by atoms with van der Waals surface area (Å²) < 4.78 is 5.01. The van der Waals surface area contributed by atoms with E-state index in [0.717, 1.165) is 0 Å². The van der Waals surface area contributed by atoms with Gasteiger partial charge in [-0.05, 0) is 18.2 Å². The second-order valence-electron chi connectivity index (χ2n) is 3.14. The summed E-state index contributed by atoms with van der Waals surface area (Å²) >= 11 is 7.33. The minimum atomic E-state index is -0.285. The molecule has 1 amide bonds. The number of hydrogen-bond acceptors (Lipinski definition) is 4. The van der Waals surface area contributed by atoms with Crippen LogP contribution >= 0.6 is 22.9 Å². The minimum absolute atomic E-state index is 0.285. The molecule has 0 saturated carbocycles. The maximum absolute atomic E-state index is 11.9. The molecule has 4 nitrogen and oxygen atoms in total. The van der Waals surface area contributed by atoms with Crippen LogP contribution in [0.5, 0.6) is 5.75 Å². The topological polar surface area (TPSA) is 51.2 Å². The molecular formula is C11H9ClN2O2S. The van der Waals surface area contributed by atoms with Crippen LogP contribution in [0.15, 0.2) is 29.8 Å². The zero-order valence-electron chi connectivity index (χ0n) is 8.94.